The summed E-state index contributed by atoms with van der Waals surface area (Å²) >= 11 is 0. The van der Waals surface area contributed by atoms with Crippen LogP contribution in [0.1, 0.15) is 23.2 Å². The highest BCUT2D eigenvalue weighted by molar-refractivity contribution is 5.42. The lowest BCUT2D eigenvalue weighted by atomic mass is 9.93. The van der Waals surface area contributed by atoms with E-state index < -0.39 is 23.7 Å². The van der Waals surface area contributed by atoms with Gasteiger partial charge in [-0.3, -0.25) is 0 Å². The maximum atomic E-state index is 13.3. The van der Waals surface area contributed by atoms with E-state index in [2.05, 4.69) is 0 Å². The fourth-order valence-electron chi connectivity index (χ4n) is 2.31. The third-order valence-corrected chi connectivity index (χ3v) is 3.50. The van der Waals surface area contributed by atoms with Crippen LogP contribution in [0.4, 0.5) is 8.78 Å². The third kappa shape index (κ3) is 3.18. The average Bonchev–Trinajstić information content (AvgIpc) is 2.53. The summed E-state index contributed by atoms with van der Waals surface area (Å²) < 4.78 is 36.8. The number of halogens is 2. The Bertz CT molecular complexity index is 607. The minimum atomic E-state index is -0.671. The van der Waals surface area contributed by atoms with Crippen molar-refractivity contribution in [2.45, 2.75) is 12.1 Å². The van der Waals surface area contributed by atoms with Gasteiger partial charge in [0.2, 0.25) is 0 Å². The van der Waals surface area contributed by atoms with Gasteiger partial charge in [-0.15, -0.1) is 0 Å². The molecule has 6 heteroatoms. The van der Waals surface area contributed by atoms with Gasteiger partial charge >= 0.3 is 0 Å². The smallest absolute Gasteiger partial charge is 0.126 e. The molecule has 118 valence electrons. The molecule has 0 fully saturated rings. The highest BCUT2D eigenvalue weighted by Crippen LogP contribution is 2.35. The molecule has 4 N–H and O–H groups in total. The van der Waals surface area contributed by atoms with Crippen LogP contribution < -0.4 is 20.9 Å². The van der Waals surface area contributed by atoms with Crippen molar-refractivity contribution in [3.63, 3.8) is 0 Å². The van der Waals surface area contributed by atoms with Crippen LogP contribution in [0, 0.1) is 11.6 Å². The van der Waals surface area contributed by atoms with Crippen molar-refractivity contribution in [1.82, 2.24) is 0 Å². The molecule has 2 rings (SSSR count). The van der Waals surface area contributed by atoms with Crippen LogP contribution in [0.25, 0.3) is 0 Å². The van der Waals surface area contributed by atoms with E-state index in [4.69, 9.17) is 20.9 Å². The molecule has 0 radical (unpaired) electrons. The zero-order chi connectivity index (χ0) is 16.3. The van der Waals surface area contributed by atoms with Gasteiger partial charge in [-0.2, -0.15) is 0 Å². The lowest BCUT2D eigenvalue weighted by molar-refractivity contribution is 0.387. The lowest BCUT2D eigenvalue weighted by Gasteiger charge is -2.24. The molecule has 0 aliphatic rings. The van der Waals surface area contributed by atoms with Crippen LogP contribution in [0.5, 0.6) is 11.5 Å². The highest BCUT2D eigenvalue weighted by Gasteiger charge is 2.24. The predicted octanol–water partition coefficient (Wildman–Crippen LogP) is 2.68. The van der Waals surface area contributed by atoms with Gasteiger partial charge in [-0.05, 0) is 12.1 Å². The lowest BCUT2D eigenvalue weighted by Crippen LogP contribution is -2.27. The molecule has 22 heavy (non-hydrogen) atoms. The van der Waals surface area contributed by atoms with Crippen molar-refractivity contribution in [2.24, 2.45) is 11.5 Å². The number of methoxy groups -OCH3 is 2. The van der Waals surface area contributed by atoms with Crippen LogP contribution in [0.2, 0.25) is 0 Å². The summed E-state index contributed by atoms with van der Waals surface area (Å²) in [6.45, 7) is 0. The largest absolute Gasteiger partial charge is 0.496 e. The molecule has 0 amide bonds. The Morgan fingerprint density at radius 3 is 1.45 bits per heavy atom. The van der Waals surface area contributed by atoms with Gasteiger partial charge in [0.05, 0.1) is 26.3 Å². The molecule has 0 saturated carbocycles. The van der Waals surface area contributed by atoms with Crippen LogP contribution in [0.3, 0.4) is 0 Å². The van der Waals surface area contributed by atoms with Crippen LogP contribution in [-0.2, 0) is 0 Å². The highest BCUT2D eigenvalue weighted by atomic mass is 19.1. The first-order valence-corrected chi connectivity index (χ1v) is 6.66. The van der Waals surface area contributed by atoms with E-state index in [-0.39, 0.29) is 0 Å². The minimum absolute atomic E-state index is 0.309. The summed E-state index contributed by atoms with van der Waals surface area (Å²) in [6.07, 6.45) is 0. The molecule has 0 aliphatic heterocycles. The van der Waals surface area contributed by atoms with E-state index in [1.807, 2.05) is 0 Å². The van der Waals surface area contributed by atoms with Gasteiger partial charge in [0.1, 0.15) is 23.1 Å². The molecule has 2 aromatic rings. The summed E-state index contributed by atoms with van der Waals surface area (Å²) in [6, 6.07) is 6.75. The van der Waals surface area contributed by atoms with Crippen molar-refractivity contribution < 1.29 is 18.3 Å². The molecule has 0 bridgehead atoms. The molecular weight excluding hydrogens is 290 g/mol. The van der Waals surface area contributed by atoms with Crippen molar-refractivity contribution in [3.8, 4) is 11.5 Å². The van der Waals surface area contributed by atoms with Crippen molar-refractivity contribution >= 4 is 0 Å². The zero-order valence-electron chi connectivity index (χ0n) is 12.3. The van der Waals surface area contributed by atoms with Gasteiger partial charge < -0.3 is 20.9 Å². The van der Waals surface area contributed by atoms with Gasteiger partial charge in [0.15, 0.2) is 0 Å². The van der Waals surface area contributed by atoms with Crippen molar-refractivity contribution in [3.05, 3.63) is 59.2 Å². The molecule has 0 aliphatic carbocycles. The summed E-state index contributed by atoms with van der Waals surface area (Å²) in [5.41, 5.74) is 13.5. The molecule has 0 heterocycles. The van der Waals surface area contributed by atoms with E-state index in [0.29, 0.717) is 22.6 Å². The molecule has 0 aromatic heterocycles. The van der Waals surface area contributed by atoms with Crippen molar-refractivity contribution in [2.75, 3.05) is 14.2 Å². The topological polar surface area (TPSA) is 70.5 Å². The van der Waals surface area contributed by atoms with E-state index >= 15 is 0 Å². The molecule has 2 unspecified atom stereocenters. The minimum Gasteiger partial charge on any atom is -0.496 e. The Morgan fingerprint density at radius 2 is 1.14 bits per heavy atom. The molecule has 4 nitrogen and oxygen atoms in total. The number of hydrogen-bond donors (Lipinski definition) is 2. The Balaban J connectivity index is 2.39. The summed E-state index contributed by atoms with van der Waals surface area (Å²) in [7, 11) is 2.85. The molecule has 2 aromatic carbocycles. The van der Waals surface area contributed by atoms with Gasteiger partial charge in [-0.25, -0.2) is 8.78 Å². The van der Waals surface area contributed by atoms with Crippen molar-refractivity contribution in [1.29, 1.82) is 0 Å². The number of hydrogen-bond acceptors (Lipinski definition) is 4. The van der Waals surface area contributed by atoms with E-state index in [9.17, 15) is 8.78 Å². The molecule has 2 atom stereocenters. The maximum Gasteiger partial charge on any atom is 0.126 e. The van der Waals surface area contributed by atoms with E-state index in [1.165, 1.54) is 50.6 Å². The molecule has 0 spiro atoms. The average molecular weight is 308 g/mol. The molecule has 0 saturated heterocycles. The standard InChI is InChI=1S/C16H18F2N2O2/c1-21-13-7-9(17)3-5-11(13)15(19)16(20)12-6-4-10(18)8-14(12)22-2/h3-8,15-16H,19-20H2,1-2H3. The van der Waals surface area contributed by atoms with Crippen LogP contribution in [0.15, 0.2) is 36.4 Å². The fourth-order valence-corrected chi connectivity index (χ4v) is 2.31. The first-order valence-electron chi connectivity index (χ1n) is 6.66. The maximum absolute atomic E-state index is 13.3. The Hall–Kier alpha value is -2.18. The van der Waals surface area contributed by atoms with E-state index in [1.54, 1.807) is 0 Å². The number of nitrogens with two attached hydrogens (primary N) is 2. The van der Waals surface area contributed by atoms with Crippen LogP contribution in [-0.4, -0.2) is 14.2 Å². The predicted molar refractivity (Wildman–Crippen MR) is 79.8 cm³/mol. The second-order valence-corrected chi connectivity index (χ2v) is 4.82. The zero-order valence-corrected chi connectivity index (χ0v) is 12.3. The second kappa shape index (κ2) is 6.72. The Kier molecular flexibility index (Phi) is 4.95. The van der Waals surface area contributed by atoms with E-state index in [0.717, 1.165) is 0 Å². The number of benzene rings is 2. The SMILES string of the molecule is COc1cc(F)ccc1C(N)C(N)c1ccc(F)cc1OC. The Labute approximate surface area is 127 Å². The second-order valence-electron chi connectivity index (χ2n) is 4.82. The van der Waals surface area contributed by atoms with Crippen LogP contribution >= 0.6 is 0 Å². The quantitative estimate of drug-likeness (QED) is 0.891. The normalized spacial score (nSPS) is 13.5. The third-order valence-electron chi connectivity index (χ3n) is 3.50. The summed E-state index contributed by atoms with van der Waals surface area (Å²) in [4.78, 5) is 0. The monoisotopic (exact) mass is 308 g/mol. The Morgan fingerprint density at radius 1 is 0.773 bits per heavy atom. The van der Waals surface area contributed by atoms with Gasteiger partial charge in [0.25, 0.3) is 0 Å². The fraction of sp³-hybridized carbons (Fsp3) is 0.250. The van der Waals surface area contributed by atoms with Gasteiger partial charge in [0, 0.05) is 23.3 Å². The van der Waals surface area contributed by atoms with Gasteiger partial charge in [-0.1, -0.05) is 12.1 Å². The molecular formula is C16H18F2N2O2. The first kappa shape index (κ1) is 16.2. The summed E-state index contributed by atoms with van der Waals surface area (Å²) in [5.74, 6) is -0.241. The number of rotatable bonds is 5. The first-order chi connectivity index (χ1) is 10.5. The summed E-state index contributed by atoms with van der Waals surface area (Å²) in [5, 5.41) is 0. The number of ether oxygens (including phenoxy) is 2.